The summed E-state index contributed by atoms with van der Waals surface area (Å²) in [5, 5.41) is 2.15. The zero-order valence-electron chi connectivity index (χ0n) is 13.8. The maximum atomic E-state index is 6.29. The Morgan fingerprint density at radius 2 is 1.69 bits per heavy atom. The molecule has 4 nitrogen and oxygen atoms in total. The first-order valence-corrected chi connectivity index (χ1v) is 9.42. The van der Waals surface area contributed by atoms with Crippen LogP contribution in [0.4, 0.5) is 5.82 Å². The molecule has 0 bridgehead atoms. The molecule has 4 rings (SSSR count). The van der Waals surface area contributed by atoms with E-state index in [0.717, 1.165) is 22.3 Å². The minimum absolute atomic E-state index is 0.406. The van der Waals surface area contributed by atoms with E-state index in [1.807, 2.05) is 48.5 Å². The predicted octanol–water partition coefficient (Wildman–Crippen LogP) is 5.22. The molecule has 6 heteroatoms. The molecule has 2 aromatic heterocycles. The molecular formula is C20H15ClN4S. The predicted molar refractivity (Wildman–Crippen MR) is 108 cm³/mol. The van der Waals surface area contributed by atoms with Crippen molar-refractivity contribution in [3.05, 3.63) is 77.4 Å². The number of hydrogen-bond acceptors (Lipinski definition) is 5. The number of halogens is 1. The van der Waals surface area contributed by atoms with Crippen LogP contribution in [0.2, 0.25) is 5.02 Å². The van der Waals surface area contributed by atoms with Gasteiger partial charge in [-0.3, -0.25) is 0 Å². The fourth-order valence-corrected chi connectivity index (χ4v) is 3.65. The van der Waals surface area contributed by atoms with Crippen molar-refractivity contribution in [1.29, 1.82) is 0 Å². The average Bonchev–Trinajstić information content (AvgIpc) is 2.67. The van der Waals surface area contributed by atoms with E-state index in [-0.39, 0.29) is 0 Å². The lowest BCUT2D eigenvalue weighted by Crippen LogP contribution is -1.98. The van der Waals surface area contributed by atoms with Crippen LogP contribution < -0.4 is 5.73 Å². The lowest BCUT2D eigenvalue weighted by Gasteiger charge is -2.09. The van der Waals surface area contributed by atoms with Crippen molar-refractivity contribution in [2.75, 3.05) is 5.73 Å². The first kappa shape index (κ1) is 16.8. The molecule has 0 fully saturated rings. The summed E-state index contributed by atoms with van der Waals surface area (Å²) in [6.07, 6.45) is 1.78. The van der Waals surface area contributed by atoms with Gasteiger partial charge in [0.2, 0.25) is 0 Å². The summed E-state index contributed by atoms with van der Waals surface area (Å²) in [5.41, 5.74) is 9.62. The molecule has 2 aromatic carbocycles. The Hall–Kier alpha value is -2.63. The Labute approximate surface area is 160 Å². The molecule has 2 heterocycles. The SMILES string of the molecule is Nc1nc2nc(SCc3ccccc3)ncc2cc1-c1ccccc1Cl. The Morgan fingerprint density at radius 1 is 0.923 bits per heavy atom. The van der Waals surface area contributed by atoms with Gasteiger partial charge < -0.3 is 5.73 Å². The molecule has 0 amide bonds. The summed E-state index contributed by atoms with van der Waals surface area (Å²) in [7, 11) is 0. The Kier molecular flexibility index (Phi) is 4.73. The summed E-state index contributed by atoms with van der Waals surface area (Å²) in [6, 6.07) is 19.7. The van der Waals surface area contributed by atoms with Crippen molar-refractivity contribution in [3.63, 3.8) is 0 Å². The zero-order chi connectivity index (χ0) is 17.9. The van der Waals surface area contributed by atoms with Crippen LogP contribution in [0, 0.1) is 0 Å². The number of thioether (sulfide) groups is 1. The monoisotopic (exact) mass is 378 g/mol. The summed E-state index contributed by atoms with van der Waals surface area (Å²) >= 11 is 7.86. The van der Waals surface area contributed by atoms with Crippen molar-refractivity contribution < 1.29 is 0 Å². The van der Waals surface area contributed by atoms with E-state index < -0.39 is 0 Å². The third-order valence-electron chi connectivity index (χ3n) is 3.95. The van der Waals surface area contributed by atoms with Crippen LogP contribution in [0.1, 0.15) is 5.56 Å². The molecule has 0 spiro atoms. The molecule has 0 unspecified atom stereocenters. The number of aromatic nitrogens is 3. The Bertz CT molecular complexity index is 1070. The van der Waals surface area contributed by atoms with Gasteiger partial charge in [0.15, 0.2) is 10.8 Å². The second-order valence-electron chi connectivity index (χ2n) is 5.74. The molecule has 0 saturated heterocycles. The van der Waals surface area contributed by atoms with E-state index in [0.29, 0.717) is 21.6 Å². The van der Waals surface area contributed by atoms with Gasteiger partial charge in [-0.1, -0.05) is 71.9 Å². The maximum Gasteiger partial charge on any atom is 0.189 e. The van der Waals surface area contributed by atoms with Crippen molar-refractivity contribution in [2.24, 2.45) is 0 Å². The van der Waals surface area contributed by atoms with Crippen molar-refractivity contribution in [1.82, 2.24) is 15.0 Å². The topological polar surface area (TPSA) is 64.7 Å². The van der Waals surface area contributed by atoms with Gasteiger partial charge in [-0.2, -0.15) is 0 Å². The number of fused-ring (bicyclic) bond motifs is 1. The van der Waals surface area contributed by atoms with Gasteiger partial charge in [0.1, 0.15) is 5.82 Å². The lowest BCUT2D eigenvalue weighted by molar-refractivity contribution is 0.989. The lowest BCUT2D eigenvalue weighted by atomic mass is 10.1. The highest BCUT2D eigenvalue weighted by Crippen LogP contribution is 2.33. The van der Waals surface area contributed by atoms with E-state index in [9.17, 15) is 0 Å². The van der Waals surface area contributed by atoms with Crippen molar-refractivity contribution >= 4 is 40.2 Å². The van der Waals surface area contributed by atoms with Gasteiger partial charge >= 0.3 is 0 Å². The molecule has 0 aliphatic carbocycles. The highest BCUT2D eigenvalue weighted by Gasteiger charge is 2.11. The Balaban J connectivity index is 1.65. The van der Waals surface area contributed by atoms with Gasteiger partial charge in [-0.15, -0.1) is 0 Å². The first-order valence-electron chi connectivity index (χ1n) is 8.05. The van der Waals surface area contributed by atoms with E-state index >= 15 is 0 Å². The number of hydrogen-bond donors (Lipinski definition) is 1. The van der Waals surface area contributed by atoms with E-state index in [1.165, 1.54) is 5.56 Å². The van der Waals surface area contributed by atoms with E-state index in [4.69, 9.17) is 17.3 Å². The summed E-state index contributed by atoms with van der Waals surface area (Å²) < 4.78 is 0. The highest BCUT2D eigenvalue weighted by molar-refractivity contribution is 7.98. The zero-order valence-corrected chi connectivity index (χ0v) is 15.3. The molecular weight excluding hydrogens is 364 g/mol. The van der Waals surface area contributed by atoms with Crippen LogP contribution in [0.25, 0.3) is 22.2 Å². The van der Waals surface area contributed by atoms with Gasteiger partial charge in [0.25, 0.3) is 0 Å². The highest BCUT2D eigenvalue weighted by atomic mass is 35.5. The maximum absolute atomic E-state index is 6.29. The summed E-state index contributed by atoms with van der Waals surface area (Å²) in [6.45, 7) is 0. The van der Waals surface area contributed by atoms with Gasteiger partial charge in [-0.05, 0) is 17.7 Å². The third-order valence-corrected chi connectivity index (χ3v) is 5.21. The summed E-state index contributed by atoms with van der Waals surface area (Å²) in [4.78, 5) is 13.4. The van der Waals surface area contributed by atoms with Crippen LogP contribution in [0.15, 0.2) is 72.0 Å². The second kappa shape index (κ2) is 7.32. The molecule has 0 atom stereocenters. The number of nitrogen functional groups attached to an aromatic ring is 1. The molecule has 128 valence electrons. The number of benzene rings is 2. The van der Waals surface area contributed by atoms with E-state index in [2.05, 4.69) is 27.1 Å². The Morgan fingerprint density at radius 3 is 2.50 bits per heavy atom. The smallest absolute Gasteiger partial charge is 0.189 e. The van der Waals surface area contributed by atoms with Crippen LogP contribution in [-0.4, -0.2) is 15.0 Å². The van der Waals surface area contributed by atoms with Gasteiger partial charge in [0, 0.05) is 33.5 Å². The quantitative estimate of drug-likeness (QED) is 0.389. The molecule has 4 aromatic rings. The number of pyridine rings is 1. The van der Waals surface area contributed by atoms with Crippen molar-refractivity contribution in [3.8, 4) is 11.1 Å². The summed E-state index contributed by atoms with van der Waals surface area (Å²) in [5.74, 6) is 1.21. The molecule has 26 heavy (non-hydrogen) atoms. The molecule has 0 radical (unpaired) electrons. The van der Waals surface area contributed by atoms with E-state index in [1.54, 1.807) is 18.0 Å². The number of rotatable bonds is 4. The molecule has 0 aliphatic heterocycles. The fraction of sp³-hybridized carbons (Fsp3) is 0.0500. The first-order chi connectivity index (χ1) is 12.7. The number of nitrogens with zero attached hydrogens (tertiary/aromatic N) is 3. The van der Waals surface area contributed by atoms with Gasteiger partial charge in [0.05, 0.1) is 0 Å². The fourth-order valence-electron chi connectivity index (χ4n) is 2.65. The second-order valence-corrected chi connectivity index (χ2v) is 7.09. The van der Waals surface area contributed by atoms with Crippen LogP contribution >= 0.6 is 23.4 Å². The van der Waals surface area contributed by atoms with Crippen LogP contribution in [0.3, 0.4) is 0 Å². The normalized spacial score (nSPS) is 11.0. The molecule has 2 N–H and O–H groups in total. The minimum Gasteiger partial charge on any atom is -0.383 e. The number of anilines is 1. The van der Waals surface area contributed by atoms with Crippen LogP contribution in [-0.2, 0) is 5.75 Å². The molecule has 0 aliphatic rings. The average molecular weight is 379 g/mol. The minimum atomic E-state index is 0.406. The molecule has 0 saturated carbocycles. The van der Waals surface area contributed by atoms with Crippen LogP contribution in [0.5, 0.6) is 0 Å². The van der Waals surface area contributed by atoms with Crippen molar-refractivity contribution in [2.45, 2.75) is 10.9 Å². The third kappa shape index (κ3) is 3.49. The number of nitrogens with two attached hydrogens (primary N) is 1. The van der Waals surface area contributed by atoms with Gasteiger partial charge in [-0.25, -0.2) is 15.0 Å². The standard InChI is InChI=1S/C20H15ClN4S/c21-17-9-5-4-8-15(17)16-10-14-11-23-20(25-19(14)24-18(16)22)26-12-13-6-2-1-3-7-13/h1-11H,12H2,(H2,22,23,24,25). The largest absolute Gasteiger partial charge is 0.383 e.